The van der Waals surface area contributed by atoms with Gasteiger partial charge in [0.15, 0.2) is 0 Å². The Bertz CT molecular complexity index is 583. The third-order valence-electron chi connectivity index (χ3n) is 3.05. The number of halogens is 2. The maximum atomic E-state index is 13.0. The van der Waals surface area contributed by atoms with E-state index in [0.717, 1.165) is 35.8 Å². The predicted molar refractivity (Wildman–Crippen MR) is 83.1 cm³/mol. The number of aryl methyl sites for hydroxylation is 1. The monoisotopic (exact) mass is 312 g/mol. The number of aromatic nitrogens is 1. The van der Waals surface area contributed by atoms with E-state index in [9.17, 15) is 4.39 Å². The molecule has 0 aliphatic rings. The van der Waals surface area contributed by atoms with Crippen LogP contribution in [-0.2, 0) is 19.4 Å². The van der Waals surface area contributed by atoms with Crippen LogP contribution in [-0.4, -0.2) is 11.5 Å². The van der Waals surface area contributed by atoms with Crippen LogP contribution < -0.4 is 5.32 Å². The summed E-state index contributed by atoms with van der Waals surface area (Å²) >= 11 is 7.77. The molecule has 5 heteroatoms. The molecular weight excluding hydrogens is 295 g/mol. The lowest BCUT2D eigenvalue weighted by Gasteiger charge is -2.01. The molecule has 0 spiro atoms. The van der Waals surface area contributed by atoms with Crippen LogP contribution in [0.15, 0.2) is 18.2 Å². The highest BCUT2D eigenvalue weighted by atomic mass is 35.5. The minimum Gasteiger partial charge on any atom is -0.312 e. The van der Waals surface area contributed by atoms with E-state index in [1.165, 1.54) is 17.0 Å². The van der Waals surface area contributed by atoms with Crippen molar-refractivity contribution in [3.05, 3.63) is 50.2 Å². The van der Waals surface area contributed by atoms with Crippen LogP contribution in [0, 0.1) is 5.82 Å². The molecule has 0 aliphatic heterocycles. The number of hydrogen-bond donors (Lipinski definition) is 1. The van der Waals surface area contributed by atoms with Crippen LogP contribution in [0.3, 0.4) is 0 Å². The molecule has 0 fully saturated rings. The van der Waals surface area contributed by atoms with Crippen LogP contribution in [0.2, 0.25) is 5.02 Å². The van der Waals surface area contributed by atoms with E-state index in [1.54, 1.807) is 17.4 Å². The summed E-state index contributed by atoms with van der Waals surface area (Å²) in [4.78, 5) is 5.95. The molecule has 0 atom stereocenters. The molecule has 0 bridgehead atoms. The summed E-state index contributed by atoms with van der Waals surface area (Å²) in [6, 6.07) is 4.52. The van der Waals surface area contributed by atoms with Gasteiger partial charge in [-0.25, -0.2) is 9.37 Å². The van der Waals surface area contributed by atoms with Gasteiger partial charge in [0.25, 0.3) is 0 Å². The summed E-state index contributed by atoms with van der Waals surface area (Å²) in [5.41, 5.74) is 2.06. The van der Waals surface area contributed by atoms with Crippen molar-refractivity contribution < 1.29 is 4.39 Å². The van der Waals surface area contributed by atoms with Crippen LogP contribution in [0.4, 0.5) is 4.39 Å². The van der Waals surface area contributed by atoms with Crippen molar-refractivity contribution in [3.63, 3.8) is 0 Å². The van der Waals surface area contributed by atoms with Gasteiger partial charge in [0.2, 0.25) is 0 Å². The van der Waals surface area contributed by atoms with Gasteiger partial charge in [-0.15, -0.1) is 11.3 Å². The highest BCUT2D eigenvalue weighted by molar-refractivity contribution is 7.11. The molecule has 0 unspecified atom stereocenters. The van der Waals surface area contributed by atoms with Gasteiger partial charge in [-0.3, -0.25) is 0 Å². The fourth-order valence-electron chi connectivity index (χ4n) is 1.99. The molecule has 2 aromatic rings. The molecule has 1 heterocycles. The molecule has 20 heavy (non-hydrogen) atoms. The van der Waals surface area contributed by atoms with Crippen LogP contribution in [0.1, 0.15) is 35.0 Å². The molecular formula is C15H18ClFN2S. The predicted octanol–water partition coefficient (Wildman–Crippen LogP) is 4.20. The number of benzene rings is 1. The molecule has 1 aromatic carbocycles. The first-order chi connectivity index (χ1) is 9.63. The summed E-state index contributed by atoms with van der Waals surface area (Å²) in [6.45, 7) is 6.00. The first-order valence-electron chi connectivity index (χ1n) is 6.76. The zero-order valence-electron chi connectivity index (χ0n) is 11.7. The first kappa shape index (κ1) is 15.4. The van der Waals surface area contributed by atoms with Crippen molar-refractivity contribution >= 4 is 22.9 Å². The molecule has 0 amide bonds. The number of thiazole rings is 1. The van der Waals surface area contributed by atoms with Crippen molar-refractivity contribution in [1.29, 1.82) is 0 Å². The number of nitrogens with one attached hydrogen (secondary N) is 1. The third-order valence-corrected chi connectivity index (χ3v) is 4.50. The van der Waals surface area contributed by atoms with Gasteiger partial charge < -0.3 is 5.32 Å². The number of nitrogens with zero attached hydrogens (tertiary/aromatic N) is 1. The standard InChI is InChI=1S/C15H18ClFN2S/c1-3-13-14(9-18-4-2)20-15(19-13)7-10-5-6-11(17)8-12(10)16/h5-6,8,18H,3-4,7,9H2,1-2H3. The minimum absolute atomic E-state index is 0.306. The smallest absolute Gasteiger partial charge is 0.124 e. The zero-order chi connectivity index (χ0) is 14.5. The highest BCUT2D eigenvalue weighted by Gasteiger charge is 2.11. The molecule has 0 radical (unpaired) electrons. The lowest BCUT2D eigenvalue weighted by molar-refractivity contribution is 0.627. The van der Waals surface area contributed by atoms with Gasteiger partial charge in [-0.1, -0.05) is 31.5 Å². The van der Waals surface area contributed by atoms with Crippen LogP contribution in [0.5, 0.6) is 0 Å². The Morgan fingerprint density at radius 3 is 2.80 bits per heavy atom. The van der Waals surface area contributed by atoms with Gasteiger partial charge in [-0.2, -0.15) is 0 Å². The lowest BCUT2D eigenvalue weighted by atomic mass is 10.1. The van der Waals surface area contributed by atoms with Crippen molar-refractivity contribution in [3.8, 4) is 0 Å². The fourth-order valence-corrected chi connectivity index (χ4v) is 3.38. The summed E-state index contributed by atoms with van der Waals surface area (Å²) in [7, 11) is 0. The van der Waals surface area contributed by atoms with Gasteiger partial charge in [0.1, 0.15) is 5.82 Å². The quantitative estimate of drug-likeness (QED) is 0.864. The van der Waals surface area contributed by atoms with Gasteiger partial charge in [0, 0.05) is 22.9 Å². The average molecular weight is 313 g/mol. The van der Waals surface area contributed by atoms with E-state index in [0.29, 0.717) is 11.4 Å². The second-order valence-corrected chi connectivity index (χ2v) is 6.10. The van der Waals surface area contributed by atoms with E-state index >= 15 is 0 Å². The second-order valence-electron chi connectivity index (χ2n) is 4.52. The Morgan fingerprint density at radius 2 is 2.15 bits per heavy atom. The SMILES string of the molecule is CCNCc1sc(Cc2ccc(F)cc2Cl)nc1CC. The molecule has 2 rings (SSSR count). The van der Waals surface area contributed by atoms with E-state index in [-0.39, 0.29) is 5.82 Å². The number of rotatable bonds is 6. The topological polar surface area (TPSA) is 24.9 Å². The first-order valence-corrected chi connectivity index (χ1v) is 7.95. The molecule has 2 nitrogen and oxygen atoms in total. The second kappa shape index (κ2) is 7.16. The van der Waals surface area contributed by atoms with Gasteiger partial charge in [0.05, 0.1) is 10.7 Å². The molecule has 1 aromatic heterocycles. The average Bonchev–Trinajstić information content (AvgIpc) is 2.81. The summed E-state index contributed by atoms with van der Waals surface area (Å²) in [6.07, 6.45) is 1.58. The Morgan fingerprint density at radius 1 is 1.35 bits per heavy atom. The Balaban J connectivity index is 2.18. The largest absolute Gasteiger partial charge is 0.312 e. The summed E-state index contributed by atoms with van der Waals surface area (Å²) in [5.74, 6) is -0.306. The lowest BCUT2D eigenvalue weighted by Crippen LogP contribution is -2.11. The maximum absolute atomic E-state index is 13.0. The van der Waals surface area contributed by atoms with Gasteiger partial charge >= 0.3 is 0 Å². The third kappa shape index (κ3) is 3.78. The summed E-state index contributed by atoms with van der Waals surface area (Å²) in [5, 5.41) is 4.83. The van der Waals surface area contributed by atoms with Gasteiger partial charge in [-0.05, 0) is 30.7 Å². The molecule has 0 saturated heterocycles. The van der Waals surface area contributed by atoms with E-state index in [1.807, 2.05) is 0 Å². The maximum Gasteiger partial charge on any atom is 0.124 e. The normalized spacial score (nSPS) is 11.0. The van der Waals surface area contributed by atoms with Crippen molar-refractivity contribution in [2.45, 2.75) is 33.2 Å². The molecule has 0 saturated carbocycles. The Hall–Kier alpha value is -0.970. The Labute approximate surface area is 128 Å². The van der Waals surface area contributed by atoms with Crippen LogP contribution >= 0.6 is 22.9 Å². The fraction of sp³-hybridized carbons (Fsp3) is 0.400. The van der Waals surface area contributed by atoms with Crippen molar-refractivity contribution in [2.24, 2.45) is 0 Å². The zero-order valence-corrected chi connectivity index (χ0v) is 13.2. The van der Waals surface area contributed by atoms with Crippen molar-refractivity contribution in [1.82, 2.24) is 10.3 Å². The van der Waals surface area contributed by atoms with E-state index in [2.05, 4.69) is 24.1 Å². The summed E-state index contributed by atoms with van der Waals surface area (Å²) < 4.78 is 13.0. The molecule has 0 aliphatic carbocycles. The van der Waals surface area contributed by atoms with E-state index in [4.69, 9.17) is 11.6 Å². The van der Waals surface area contributed by atoms with Crippen LogP contribution in [0.25, 0.3) is 0 Å². The number of hydrogen-bond acceptors (Lipinski definition) is 3. The minimum atomic E-state index is -0.306. The molecule has 1 N–H and O–H groups in total. The van der Waals surface area contributed by atoms with E-state index < -0.39 is 0 Å². The van der Waals surface area contributed by atoms with Crippen molar-refractivity contribution in [2.75, 3.05) is 6.54 Å². The Kier molecular flexibility index (Phi) is 5.52. The molecule has 108 valence electrons. The highest BCUT2D eigenvalue weighted by Crippen LogP contribution is 2.25.